The molecule has 1 aromatic rings. The molecule has 20 heavy (non-hydrogen) atoms. The standard InChI is InChI=1S/C14H22ClN3O.HI/c1-3-16-14(18-10-11-19-2)17-9-8-12-4-6-13(15)7-5-12;/h4-7H,3,8-11H2,1-2H3,(H2,16,17,18);1H. The largest absolute Gasteiger partial charge is 0.383 e. The molecule has 114 valence electrons. The minimum atomic E-state index is 0. The molecule has 0 aliphatic carbocycles. The average Bonchev–Trinajstić information content (AvgIpc) is 2.41. The van der Waals surface area contributed by atoms with E-state index in [2.05, 4.69) is 15.6 Å². The van der Waals surface area contributed by atoms with Gasteiger partial charge < -0.3 is 15.4 Å². The van der Waals surface area contributed by atoms with Gasteiger partial charge in [-0.15, -0.1) is 24.0 Å². The highest BCUT2D eigenvalue weighted by molar-refractivity contribution is 14.0. The first-order chi connectivity index (χ1) is 9.26. The van der Waals surface area contributed by atoms with Gasteiger partial charge in [-0.3, -0.25) is 4.99 Å². The maximum Gasteiger partial charge on any atom is 0.191 e. The van der Waals surface area contributed by atoms with Crippen molar-refractivity contribution in [2.24, 2.45) is 4.99 Å². The minimum absolute atomic E-state index is 0. The summed E-state index contributed by atoms with van der Waals surface area (Å²) in [5, 5.41) is 7.26. The Hall–Kier alpha value is -0.530. The molecule has 1 aromatic carbocycles. The van der Waals surface area contributed by atoms with Crippen molar-refractivity contribution in [1.29, 1.82) is 0 Å². The Morgan fingerprint density at radius 3 is 2.55 bits per heavy atom. The van der Waals surface area contributed by atoms with Gasteiger partial charge in [0.25, 0.3) is 0 Å². The molecule has 0 amide bonds. The van der Waals surface area contributed by atoms with Crippen LogP contribution in [0.2, 0.25) is 5.02 Å². The summed E-state index contributed by atoms with van der Waals surface area (Å²) in [6, 6.07) is 7.90. The quantitative estimate of drug-likeness (QED) is 0.314. The van der Waals surface area contributed by atoms with E-state index >= 15 is 0 Å². The summed E-state index contributed by atoms with van der Waals surface area (Å²) < 4.78 is 4.98. The van der Waals surface area contributed by atoms with Gasteiger partial charge in [0.1, 0.15) is 0 Å². The fourth-order valence-corrected chi connectivity index (χ4v) is 1.69. The first-order valence-corrected chi connectivity index (χ1v) is 6.89. The third kappa shape index (κ3) is 8.60. The van der Waals surface area contributed by atoms with Crippen LogP contribution in [-0.2, 0) is 11.2 Å². The smallest absolute Gasteiger partial charge is 0.191 e. The molecule has 0 saturated carbocycles. The lowest BCUT2D eigenvalue weighted by Crippen LogP contribution is -2.38. The van der Waals surface area contributed by atoms with Crippen molar-refractivity contribution in [2.45, 2.75) is 13.3 Å². The molecule has 0 heterocycles. The predicted octanol–water partition coefficient (Wildman–Crippen LogP) is 2.70. The van der Waals surface area contributed by atoms with Crippen molar-refractivity contribution >= 4 is 41.5 Å². The molecular weight excluding hydrogens is 389 g/mol. The Balaban J connectivity index is 0.00000361. The Morgan fingerprint density at radius 2 is 1.95 bits per heavy atom. The van der Waals surface area contributed by atoms with E-state index in [1.807, 2.05) is 31.2 Å². The van der Waals surface area contributed by atoms with Crippen LogP contribution >= 0.6 is 35.6 Å². The van der Waals surface area contributed by atoms with E-state index in [1.165, 1.54) is 5.56 Å². The van der Waals surface area contributed by atoms with E-state index < -0.39 is 0 Å². The molecule has 0 aliphatic rings. The molecule has 0 saturated heterocycles. The van der Waals surface area contributed by atoms with Gasteiger partial charge in [0.15, 0.2) is 5.96 Å². The topological polar surface area (TPSA) is 45.7 Å². The van der Waals surface area contributed by atoms with Crippen LogP contribution in [0.3, 0.4) is 0 Å². The zero-order valence-electron chi connectivity index (χ0n) is 12.0. The van der Waals surface area contributed by atoms with Crippen LogP contribution in [0.25, 0.3) is 0 Å². The van der Waals surface area contributed by atoms with Crippen molar-refractivity contribution in [2.75, 3.05) is 33.4 Å². The van der Waals surface area contributed by atoms with Crippen LogP contribution in [0.4, 0.5) is 0 Å². The predicted molar refractivity (Wildman–Crippen MR) is 96.4 cm³/mol. The lowest BCUT2D eigenvalue weighted by Gasteiger charge is -2.11. The van der Waals surface area contributed by atoms with Gasteiger partial charge in [-0.1, -0.05) is 23.7 Å². The highest BCUT2D eigenvalue weighted by Crippen LogP contribution is 2.09. The number of halogens is 2. The Labute approximate surface area is 143 Å². The van der Waals surface area contributed by atoms with Gasteiger partial charge in [0.2, 0.25) is 0 Å². The first-order valence-electron chi connectivity index (χ1n) is 6.51. The number of methoxy groups -OCH3 is 1. The summed E-state index contributed by atoms with van der Waals surface area (Å²) in [6.07, 6.45) is 0.936. The molecule has 6 heteroatoms. The number of aliphatic imine (C=N–C) groups is 1. The number of rotatable bonds is 7. The molecule has 1 rings (SSSR count). The lowest BCUT2D eigenvalue weighted by atomic mass is 10.1. The van der Waals surface area contributed by atoms with Gasteiger partial charge in [-0.2, -0.15) is 0 Å². The van der Waals surface area contributed by atoms with Crippen molar-refractivity contribution in [3.8, 4) is 0 Å². The zero-order chi connectivity index (χ0) is 13.9. The third-order valence-electron chi connectivity index (χ3n) is 2.53. The number of guanidine groups is 1. The number of benzene rings is 1. The van der Waals surface area contributed by atoms with E-state index in [0.29, 0.717) is 13.2 Å². The van der Waals surface area contributed by atoms with Gasteiger partial charge >= 0.3 is 0 Å². The number of nitrogens with zero attached hydrogens (tertiary/aromatic N) is 1. The molecule has 0 aromatic heterocycles. The van der Waals surface area contributed by atoms with Gasteiger partial charge in [0, 0.05) is 25.2 Å². The molecule has 0 fully saturated rings. The molecule has 0 bridgehead atoms. The first kappa shape index (κ1) is 19.5. The highest BCUT2D eigenvalue weighted by Gasteiger charge is 1.97. The van der Waals surface area contributed by atoms with Crippen molar-refractivity contribution in [1.82, 2.24) is 10.6 Å². The van der Waals surface area contributed by atoms with Crippen LogP contribution in [-0.4, -0.2) is 39.3 Å². The fraction of sp³-hybridized carbons (Fsp3) is 0.500. The molecule has 0 radical (unpaired) electrons. The van der Waals surface area contributed by atoms with Gasteiger partial charge in [0.05, 0.1) is 13.2 Å². The van der Waals surface area contributed by atoms with E-state index in [0.717, 1.165) is 30.5 Å². The van der Waals surface area contributed by atoms with Crippen LogP contribution in [0.5, 0.6) is 0 Å². The van der Waals surface area contributed by atoms with Gasteiger partial charge in [-0.05, 0) is 31.0 Å². The number of nitrogens with one attached hydrogen (secondary N) is 2. The Bertz CT molecular complexity index is 385. The lowest BCUT2D eigenvalue weighted by molar-refractivity contribution is 0.208. The normalized spacial score (nSPS) is 10.8. The Kier molecular flexibility index (Phi) is 11.9. The van der Waals surface area contributed by atoms with E-state index in [4.69, 9.17) is 16.3 Å². The fourth-order valence-electron chi connectivity index (χ4n) is 1.57. The van der Waals surface area contributed by atoms with E-state index in [9.17, 15) is 0 Å². The van der Waals surface area contributed by atoms with Crippen LogP contribution in [0.1, 0.15) is 12.5 Å². The molecular formula is C14H23ClIN3O. The summed E-state index contributed by atoms with van der Waals surface area (Å²) in [4.78, 5) is 4.40. The molecule has 4 nitrogen and oxygen atoms in total. The molecule has 0 aliphatic heterocycles. The number of hydrogen-bond acceptors (Lipinski definition) is 2. The minimum Gasteiger partial charge on any atom is -0.383 e. The van der Waals surface area contributed by atoms with Crippen molar-refractivity contribution < 1.29 is 4.74 Å². The van der Waals surface area contributed by atoms with Gasteiger partial charge in [-0.25, -0.2) is 0 Å². The third-order valence-corrected chi connectivity index (χ3v) is 2.78. The van der Waals surface area contributed by atoms with E-state index in [1.54, 1.807) is 7.11 Å². The monoisotopic (exact) mass is 411 g/mol. The summed E-state index contributed by atoms with van der Waals surface area (Å²) in [6.45, 7) is 5.02. The van der Waals surface area contributed by atoms with Crippen molar-refractivity contribution in [3.05, 3.63) is 34.9 Å². The number of ether oxygens (including phenoxy) is 1. The Morgan fingerprint density at radius 1 is 1.25 bits per heavy atom. The molecule has 2 N–H and O–H groups in total. The summed E-state index contributed by atoms with van der Waals surface area (Å²) in [5.41, 5.74) is 1.25. The zero-order valence-corrected chi connectivity index (χ0v) is 15.1. The highest BCUT2D eigenvalue weighted by atomic mass is 127. The second-order valence-electron chi connectivity index (χ2n) is 4.06. The molecule has 0 spiro atoms. The second kappa shape index (κ2) is 12.2. The van der Waals surface area contributed by atoms with E-state index in [-0.39, 0.29) is 24.0 Å². The number of hydrogen-bond donors (Lipinski definition) is 2. The summed E-state index contributed by atoms with van der Waals surface area (Å²) in [5.74, 6) is 0.827. The van der Waals surface area contributed by atoms with Crippen LogP contribution in [0.15, 0.2) is 29.3 Å². The average molecular weight is 412 g/mol. The second-order valence-corrected chi connectivity index (χ2v) is 4.49. The maximum absolute atomic E-state index is 5.85. The van der Waals surface area contributed by atoms with Crippen molar-refractivity contribution in [3.63, 3.8) is 0 Å². The summed E-state index contributed by atoms with van der Waals surface area (Å²) >= 11 is 5.85. The van der Waals surface area contributed by atoms with Crippen LogP contribution < -0.4 is 10.6 Å². The summed E-state index contributed by atoms with van der Waals surface area (Å²) in [7, 11) is 1.68. The van der Waals surface area contributed by atoms with Crippen LogP contribution in [0, 0.1) is 0 Å². The maximum atomic E-state index is 5.85. The molecule has 0 atom stereocenters. The SMILES string of the molecule is CCNC(=NCCOC)NCCc1ccc(Cl)cc1.I. The molecule has 0 unspecified atom stereocenters.